The van der Waals surface area contributed by atoms with Crippen molar-refractivity contribution in [1.29, 1.82) is 0 Å². The van der Waals surface area contributed by atoms with E-state index >= 15 is 0 Å². The average Bonchev–Trinajstić information content (AvgIpc) is 3.20. The number of sulfonamides is 1. The SMILES string of the molecule is COc1cc(C)c(S(=O)(=O)NC(C(=O)OCc2ccc3c(c2)OCO3)C(C)O)c(C)c1C. The lowest BCUT2D eigenvalue weighted by atomic mass is 10.1. The van der Waals surface area contributed by atoms with Crippen LogP contribution in [0.4, 0.5) is 0 Å². The lowest BCUT2D eigenvalue weighted by Crippen LogP contribution is -2.48. The number of aliphatic hydroxyl groups excluding tert-OH is 1. The summed E-state index contributed by atoms with van der Waals surface area (Å²) in [5.41, 5.74) is 2.24. The van der Waals surface area contributed by atoms with Crippen LogP contribution >= 0.6 is 0 Å². The minimum absolute atomic E-state index is 0.0324. The number of carbonyl (C=O) groups excluding carboxylic acids is 1. The Labute approximate surface area is 187 Å². The lowest BCUT2D eigenvalue weighted by Gasteiger charge is -2.22. The van der Waals surface area contributed by atoms with Gasteiger partial charge in [-0.1, -0.05) is 6.07 Å². The van der Waals surface area contributed by atoms with Crippen LogP contribution < -0.4 is 18.9 Å². The molecule has 2 N–H and O–H groups in total. The van der Waals surface area contributed by atoms with Gasteiger partial charge in [0.15, 0.2) is 11.5 Å². The van der Waals surface area contributed by atoms with Gasteiger partial charge in [0.1, 0.15) is 18.4 Å². The largest absolute Gasteiger partial charge is 0.496 e. The smallest absolute Gasteiger partial charge is 0.327 e. The molecule has 1 heterocycles. The van der Waals surface area contributed by atoms with E-state index in [1.54, 1.807) is 45.0 Å². The third-order valence-corrected chi connectivity index (χ3v) is 7.03. The van der Waals surface area contributed by atoms with Gasteiger partial charge in [-0.2, -0.15) is 4.72 Å². The van der Waals surface area contributed by atoms with Crippen molar-refractivity contribution >= 4 is 16.0 Å². The Kier molecular flexibility index (Phi) is 6.97. The zero-order chi connectivity index (χ0) is 23.6. The number of nitrogens with one attached hydrogen (secondary N) is 1. The Morgan fingerprint density at radius 2 is 1.84 bits per heavy atom. The molecule has 2 atom stereocenters. The number of hydrogen-bond acceptors (Lipinski definition) is 8. The maximum atomic E-state index is 13.1. The van der Waals surface area contributed by atoms with Gasteiger partial charge in [0.2, 0.25) is 16.8 Å². The van der Waals surface area contributed by atoms with Crippen LogP contribution in [0.1, 0.15) is 29.2 Å². The van der Waals surface area contributed by atoms with Gasteiger partial charge in [-0.25, -0.2) is 8.42 Å². The third kappa shape index (κ3) is 4.82. The second-order valence-electron chi connectivity index (χ2n) is 7.61. The highest BCUT2D eigenvalue weighted by Gasteiger charge is 2.33. The summed E-state index contributed by atoms with van der Waals surface area (Å²) in [6.45, 7) is 6.36. The lowest BCUT2D eigenvalue weighted by molar-refractivity contribution is -0.149. The van der Waals surface area contributed by atoms with Crippen molar-refractivity contribution in [2.24, 2.45) is 0 Å². The molecular weight excluding hydrogens is 438 g/mol. The molecule has 2 aromatic rings. The number of hydrogen-bond donors (Lipinski definition) is 2. The molecule has 0 aliphatic carbocycles. The van der Waals surface area contributed by atoms with Gasteiger partial charge in [0, 0.05) is 0 Å². The van der Waals surface area contributed by atoms with E-state index in [1.807, 2.05) is 0 Å². The van der Waals surface area contributed by atoms with E-state index in [-0.39, 0.29) is 18.3 Å². The molecular formula is C22H27NO8S. The number of fused-ring (bicyclic) bond motifs is 1. The third-order valence-electron chi connectivity index (χ3n) is 5.30. The van der Waals surface area contributed by atoms with Crippen molar-refractivity contribution < 1.29 is 37.3 Å². The van der Waals surface area contributed by atoms with E-state index in [9.17, 15) is 18.3 Å². The summed E-state index contributed by atoms with van der Waals surface area (Å²) in [6, 6.07) is 5.19. The van der Waals surface area contributed by atoms with Crippen LogP contribution in [-0.4, -0.2) is 45.5 Å². The Morgan fingerprint density at radius 1 is 1.16 bits per heavy atom. The molecule has 174 valence electrons. The number of ether oxygens (including phenoxy) is 4. The first-order valence-corrected chi connectivity index (χ1v) is 11.4. The second kappa shape index (κ2) is 9.35. The van der Waals surface area contributed by atoms with Crippen molar-refractivity contribution in [3.63, 3.8) is 0 Å². The molecule has 0 radical (unpaired) electrons. The van der Waals surface area contributed by atoms with Crippen molar-refractivity contribution in [2.45, 2.75) is 51.3 Å². The molecule has 2 aromatic carbocycles. The molecule has 0 fully saturated rings. The number of carbonyl (C=O) groups is 1. The van der Waals surface area contributed by atoms with Crippen LogP contribution in [0.15, 0.2) is 29.2 Å². The van der Waals surface area contributed by atoms with Crippen LogP contribution in [0.25, 0.3) is 0 Å². The zero-order valence-electron chi connectivity index (χ0n) is 18.6. The highest BCUT2D eigenvalue weighted by Crippen LogP contribution is 2.33. The number of benzene rings is 2. The molecule has 2 unspecified atom stereocenters. The summed E-state index contributed by atoms with van der Waals surface area (Å²) in [5.74, 6) is 0.790. The Morgan fingerprint density at radius 3 is 2.50 bits per heavy atom. The number of aliphatic hydroxyl groups is 1. The van der Waals surface area contributed by atoms with Crippen molar-refractivity contribution in [3.8, 4) is 17.2 Å². The quantitative estimate of drug-likeness (QED) is 0.569. The first kappa shape index (κ1) is 23.8. The highest BCUT2D eigenvalue weighted by molar-refractivity contribution is 7.89. The van der Waals surface area contributed by atoms with E-state index in [0.717, 1.165) is 0 Å². The minimum atomic E-state index is -4.15. The molecule has 1 aliphatic heterocycles. The molecule has 1 aliphatic rings. The summed E-state index contributed by atoms with van der Waals surface area (Å²) in [7, 11) is -2.65. The Hall–Kier alpha value is -2.82. The van der Waals surface area contributed by atoms with Crippen LogP contribution in [0.5, 0.6) is 17.2 Å². The molecule has 0 saturated carbocycles. The van der Waals surface area contributed by atoms with Gasteiger partial charge < -0.3 is 24.1 Å². The van der Waals surface area contributed by atoms with E-state index in [1.165, 1.54) is 14.0 Å². The summed E-state index contributed by atoms with van der Waals surface area (Å²) >= 11 is 0. The van der Waals surface area contributed by atoms with Crippen molar-refractivity contribution in [2.75, 3.05) is 13.9 Å². The minimum Gasteiger partial charge on any atom is -0.496 e. The van der Waals surface area contributed by atoms with Crippen LogP contribution in [0.2, 0.25) is 0 Å². The van der Waals surface area contributed by atoms with E-state index < -0.39 is 28.1 Å². The molecule has 9 nitrogen and oxygen atoms in total. The summed E-state index contributed by atoms with van der Waals surface area (Å²) in [6.07, 6.45) is -1.33. The number of rotatable bonds is 8. The molecule has 32 heavy (non-hydrogen) atoms. The van der Waals surface area contributed by atoms with Crippen LogP contribution in [-0.2, 0) is 26.2 Å². The maximum absolute atomic E-state index is 13.1. The van der Waals surface area contributed by atoms with Gasteiger partial charge in [-0.3, -0.25) is 4.79 Å². The second-order valence-corrected chi connectivity index (χ2v) is 9.26. The van der Waals surface area contributed by atoms with Crippen molar-refractivity contribution in [3.05, 3.63) is 46.5 Å². The first-order chi connectivity index (χ1) is 15.0. The Bertz CT molecular complexity index is 1130. The molecule has 0 saturated heterocycles. The van der Waals surface area contributed by atoms with Gasteiger partial charge in [-0.15, -0.1) is 0 Å². The van der Waals surface area contributed by atoms with Gasteiger partial charge in [0.05, 0.1) is 18.1 Å². The van der Waals surface area contributed by atoms with Crippen molar-refractivity contribution in [1.82, 2.24) is 4.72 Å². The highest BCUT2D eigenvalue weighted by atomic mass is 32.2. The molecule has 0 bridgehead atoms. The fourth-order valence-corrected chi connectivity index (χ4v) is 5.28. The summed E-state index contributed by atoms with van der Waals surface area (Å²) in [4.78, 5) is 12.7. The monoisotopic (exact) mass is 465 g/mol. The van der Waals surface area contributed by atoms with E-state index in [2.05, 4.69) is 4.72 Å². The predicted molar refractivity (Wildman–Crippen MR) is 115 cm³/mol. The van der Waals surface area contributed by atoms with E-state index in [4.69, 9.17) is 18.9 Å². The molecule has 3 rings (SSSR count). The maximum Gasteiger partial charge on any atom is 0.327 e. The number of esters is 1. The van der Waals surface area contributed by atoms with E-state index in [0.29, 0.717) is 39.5 Å². The molecule has 0 spiro atoms. The Balaban J connectivity index is 1.78. The summed E-state index contributed by atoms with van der Waals surface area (Å²) < 4.78 is 49.7. The van der Waals surface area contributed by atoms with Crippen LogP contribution in [0.3, 0.4) is 0 Å². The fourth-order valence-electron chi connectivity index (χ4n) is 3.49. The average molecular weight is 466 g/mol. The number of aryl methyl sites for hydroxylation is 1. The van der Waals surface area contributed by atoms with Gasteiger partial charge >= 0.3 is 5.97 Å². The normalized spacial score (nSPS) is 14.7. The van der Waals surface area contributed by atoms with Crippen LogP contribution in [0, 0.1) is 20.8 Å². The standard InChI is InChI=1S/C22H27NO8S/c1-12-8-18(28-5)13(2)14(3)21(12)32(26,27)23-20(15(4)24)22(25)29-10-16-6-7-17-19(9-16)31-11-30-17/h6-9,15,20,23-24H,10-11H2,1-5H3. The predicted octanol–water partition coefficient (Wildman–Crippen LogP) is 2.12. The van der Waals surface area contributed by atoms with Gasteiger partial charge in [-0.05, 0) is 68.1 Å². The fraction of sp³-hybridized carbons (Fsp3) is 0.409. The summed E-state index contributed by atoms with van der Waals surface area (Å²) in [5, 5.41) is 10.1. The van der Waals surface area contributed by atoms with Gasteiger partial charge in [0.25, 0.3) is 0 Å². The first-order valence-electron chi connectivity index (χ1n) is 9.95. The molecule has 10 heteroatoms. The zero-order valence-corrected chi connectivity index (χ0v) is 19.4. The topological polar surface area (TPSA) is 120 Å². The molecule has 0 aromatic heterocycles. The number of methoxy groups -OCH3 is 1. The molecule has 0 amide bonds.